The third-order valence-corrected chi connectivity index (χ3v) is 5.68. The van der Waals surface area contributed by atoms with Crippen molar-refractivity contribution < 1.29 is 4.74 Å². The molecule has 0 saturated carbocycles. The Kier molecular flexibility index (Phi) is 4.54. The van der Waals surface area contributed by atoms with E-state index in [0.717, 1.165) is 18.2 Å². The highest BCUT2D eigenvalue weighted by Crippen LogP contribution is 2.41. The van der Waals surface area contributed by atoms with Crippen molar-refractivity contribution in [3.8, 4) is 5.75 Å². The fourth-order valence-corrected chi connectivity index (χ4v) is 4.47. The summed E-state index contributed by atoms with van der Waals surface area (Å²) in [6.07, 6.45) is 2.62. The first-order chi connectivity index (χ1) is 11.9. The minimum absolute atomic E-state index is 0.494. The van der Waals surface area contributed by atoms with Crippen LogP contribution in [0.15, 0.2) is 54.6 Å². The highest BCUT2D eigenvalue weighted by atomic mass is 16.5. The molecule has 2 aromatic rings. The zero-order valence-electron chi connectivity index (χ0n) is 14.3. The van der Waals surface area contributed by atoms with Gasteiger partial charge in [0.15, 0.2) is 0 Å². The lowest BCUT2D eigenvalue weighted by Gasteiger charge is -2.51. The Morgan fingerprint density at radius 2 is 1.71 bits per heavy atom. The summed E-state index contributed by atoms with van der Waals surface area (Å²) < 4.78 is 5.51. The molecule has 0 radical (unpaired) electrons. The third-order valence-electron chi connectivity index (χ3n) is 5.68. The summed E-state index contributed by atoms with van der Waals surface area (Å²) in [6, 6.07) is 20.3. The van der Waals surface area contributed by atoms with Crippen LogP contribution in [0.25, 0.3) is 0 Å². The number of piperidine rings is 3. The maximum Gasteiger partial charge on any atom is 0.123 e. The number of hydrogen-bond donors (Lipinski definition) is 1. The number of nitrogens with zero attached hydrogens (tertiary/aromatic N) is 1. The van der Waals surface area contributed by atoms with Crippen molar-refractivity contribution >= 4 is 0 Å². The van der Waals surface area contributed by atoms with Gasteiger partial charge in [-0.1, -0.05) is 48.5 Å². The van der Waals surface area contributed by atoms with Crippen molar-refractivity contribution in [3.63, 3.8) is 0 Å². The van der Waals surface area contributed by atoms with Crippen LogP contribution >= 0.6 is 0 Å². The normalized spacial score (nSPS) is 28.7. The van der Waals surface area contributed by atoms with Gasteiger partial charge in [-0.15, -0.1) is 0 Å². The summed E-state index contributed by atoms with van der Waals surface area (Å²) in [5, 5.41) is 3.87. The van der Waals surface area contributed by atoms with Gasteiger partial charge in [0.1, 0.15) is 5.75 Å². The maximum absolute atomic E-state index is 5.51. The summed E-state index contributed by atoms with van der Waals surface area (Å²) in [6.45, 7) is 3.33. The zero-order chi connectivity index (χ0) is 16.4. The van der Waals surface area contributed by atoms with Crippen LogP contribution in [0.5, 0.6) is 5.75 Å². The van der Waals surface area contributed by atoms with Gasteiger partial charge in [0.2, 0.25) is 0 Å². The lowest BCUT2D eigenvalue weighted by molar-refractivity contribution is 0.0112. The van der Waals surface area contributed by atoms with Crippen LogP contribution in [0.3, 0.4) is 0 Å². The number of nitrogens with one attached hydrogen (secondary N) is 1. The van der Waals surface area contributed by atoms with Gasteiger partial charge in [-0.2, -0.15) is 0 Å². The second kappa shape index (κ2) is 6.96. The van der Waals surface area contributed by atoms with Crippen LogP contribution in [0.2, 0.25) is 0 Å². The molecule has 0 aromatic heterocycles. The standard InChI is InChI=1S/C21H26N2O/c1-24-19-10-6-5-9-18(19)15-22-20-16-11-13-23(14-12-16)21(20)17-7-3-2-4-8-17/h2-10,16,20-22H,11-15H2,1H3/t20-,21+/m0/s1. The Morgan fingerprint density at radius 1 is 1.00 bits per heavy atom. The maximum atomic E-state index is 5.51. The fourth-order valence-electron chi connectivity index (χ4n) is 4.47. The molecular weight excluding hydrogens is 296 g/mol. The molecule has 0 amide bonds. The van der Waals surface area contributed by atoms with Gasteiger partial charge < -0.3 is 10.1 Å². The number of rotatable bonds is 5. The van der Waals surface area contributed by atoms with Crippen LogP contribution in [-0.2, 0) is 6.54 Å². The van der Waals surface area contributed by atoms with Crippen LogP contribution in [0.1, 0.15) is 30.0 Å². The van der Waals surface area contributed by atoms with E-state index in [1.165, 1.54) is 37.1 Å². The van der Waals surface area contributed by atoms with Crippen molar-refractivity contribution in [1.82, 2.24) is 10.2 Å². The molecule has 2 aromatic carbocycles. The molecule has 3 aliphatic heterocycles. The van der Waals surface area contributed by atoms with E-state index >= 15 is 0 Å². The van der Waals surface area contributed by atoms with Crippen LogP contribution in [0, 0.1) is 5.92 Å². The molecule has 3 saturated heterocycles. The SMILES string of the molecule is COc1ccccc1CN[C@H]1C2CCN(CC2)[C@@H]1c1ccccc1. The number of hydrogen-bond acceptors (Lipinski definition) is 3. The van der Waals surface area contributed by atoms with Gasteiger partial charge in [0, 0.05) is 18.2 Å². The van der Waals surface area contributed by atoms with Crippen molar-refractivity contribution in [3.05, 3.63) is 65.7 Å². The molecule has 1 N–H and O–H groups in total. The molecule has 126 valence electrons. The van der Waals surface area contributed by atoms with Crippen molar-refractivity contribution in [2.45, 2.75) is 31.5 Å². The van der Waals surface area contributed by atoms with Crippen molar-refractivity contribution in [2.24, 2.45) is 5.92 Å². The largest absolute Gasteiger partial charge is 0.496 e. The zero-order valence-corrected chi connectivity index (χ0v) is 14.3. The second-order valence-corrected chi connectivity index (χ2v) is 6.95. The first-order valence-corrected chi connectivity index (χ1v) is 9.01. The Labute approximate surface area is 144 Å². The number of para-hydroxylation sites is 1. The van der Waals surface area contributed by atoms with Gasteiger partial charge in [0.25, 0.3) is 0 Å². The van der Waals surface area contributed by atoms with Gasteiger partial charge in [-0.05, 0) is 43.5 Å². The van der Waals surface area contributed by atoms with Crippen molar-refractivity contribution in [2.75, 3.05) is 20.2 Å². The molecule has 24 heavy (non-hydrogen) atoms. The van der Waals surface area contributed by atoms with E-state index in [1.54, 1.807) is 7.11 Å². The van der Waals surface area contributed by atoms with E-state index in [0.29, 0.717) is 12.1 Å². The van der Waals surface area contributed by atoms with Crippen LogP contribution < -0.4 is 10.1 Å². The topological polar surface area (TPSA) is 24.5 Å². The molecule has 3 fully saturated rings. The van der Waals surface area contributed by atoms with Gasteiger partial charge in [-0.3, -0.25) is 4.90 Å². The predicted octanol–water partition coefficient (Wildman–Crippen LogP) is 3.62. The monoisotopic (exact) mass is 322 g/mol. The number of fused-ring (bicyclic) bond motifs is 3. The Bertz CT molecular complexity index is 665. The molecule has 2 bridgehead atoms. The molecule has 0 unspecified atom stereocenters. The van der Waals surface area contributed by atoms with E-state index in [9.17, 15) is 0 Å². The summed E-state index contributed by atoms with van der Waals surface area (Å²) in [5.41, 5.74) is 2.68. The first kappa shape index (κ1) is 15.7. The fraction of sp³-hybridized carbons (Fsp3) is 0.429. The molecule has 2 atom stereocenters. The lowest BCUT2D eigenvalue weighted by atomic mass is 9.76. The first-order valence-electron chi connectivity index (χ1n) is 9.01. The summed E-state index contributed by atoms with van der Waals surface area (Å²) in [4.78, 5) is 2.66. The predicted molar refractivity (Wildman–Crippen MR) is 97.1 cm³/mol. The molecule has 3 nitrogen and oxygen atoms in total. The van der Waals surface area contributed by atoms with E-state index < -0.39 is 0 Å². The highest BCUT2D eigenvalue weighted by Gasteiger charge is 2.42. The summed E-state index contributed by atoms with van der Waals surface area (Å²) >= 11 is 0. The Hall–Kier alpha value is -1.84. The molecular formula is C21H26N2O. The van der Waals surface area contributed by atoms with E-state index in [1.807, 2.05) is 12.1 Å². The molecule has 3 aliphatic rings. The molecule has 3 heteroatoms. The Balaban J connectivity index is 1.55. The quantitative estimate of drug-likeness (QED) is 0.910. The van der Waals surface area contributed by atoms with Gasteiger partial charge >= 0.3 is 0 Å². The minimum atomic E-state index is 0.494. The minimum Gasteiger partial charge on any atom is -0.496 e. The molecule has 0 spiro atoms. The van der Waals surface area contributed by atoms with Crippen LogP contribution in [-0.4, -0.2) is 31.1 Å². The molecule has 5 rings (SSSR count). The smallest absolute Gasteiger partial charge is 0.123 e. The number of ether oxygens (including phenoxy) is 1. The van der Waals surface area contributed by atoms with Gasteiger partial charge in [0.05, 0.1) is 13.2 Å². The average molecular weight is 322 g/mol. The van der Waals surface area contributed by atoms with Gasteiger partial charge in [-0.25, -0.2) is 0 Å². The summed E-state index contributed by atoms with van der Waals surface area (Å²) in [7, 11) is 1.75. The summed E-state index contributed by atoms with van der Waals surface area (Å²) in [5.74, 6) is 1.75. The molecule has 0 aliphatic carbocycles. The number of methoxy groups -OCH3 is 1. The van der Waals surface area contributed by atoms with Crippen LogP contribution in [0.4, 0.5) is 0 Å². The van der Waals surface area contributed by atoms with E-state index in [4.69, 9.17) is 4.74 Å². The Morgan fingerprint density at radius 3 is 2.46 bits per heavy atom. The third kappa shape index (κ3) is 2.94. The second-order valence-electron chi connectivity index (χ2n) is 6.95. The highest BCUT2D eigenvalue weighted by molar-refractivity contribution is 5.33. The van der Waals surface area contributed by atoms with E-state index in [2.05, 4.69) is 52.7 Å². The van der Waals surface area contributed by atoms with E-state index in [-0.39, 0.29) is 0 Å². The number of benzene rings is 2. The molecule has 3 heterocycles. The average Bonchev–Trinajstić information content (AvgIpc) is 2.67. The van der Waals surface area contributed by atoms with Crippen molar-refractivity contribution in [1.29, 1.82) is 0 Å². The lowest BCUT2D eigenvalue weighted by Crippen LogP contribution is -2.57.